The normalized spacial score (nSPS) is 47.4. The number of hydrogen-bond donors (Lipinski definition) is 1. The molecule has 0 aromatic heterocycles. The van der Waals surface area contributed by atoms with Gasteiger partial charge in [0, 0.05) is 31.3 Å². The lowest BCUT2D eigenvalue weighted by molar-refractivity contribution is 0.0346. The molecule has 3 heteroatoms. The summed E-state index contributed by atoms with van der Waals surface area (Å²) in [5.74, 6) is 1.70. The summed E-state index contributed by atoms with van der Waals surface area (Å²) in [5, 5.41) is 3.54. The number of ether oxygens (including phenoxy) is 1. The van der Waals surface area contributed by atoms with Crippen LogP contribution >= 0.6 is 0 Å². The molecule has 4 unspecified atom stereocenters. The van der Waals surface area contributed by atoms with Gasteiger partial charge in [-0.2, -0.15) is 0 Å². The van der Waals surface area contributed by atoms with Crippen LogP contribution in [0, 0.1) is 11.8 Å². The Labute approximate surface area is 98.5 Å². The highest BCUT2D eigenvalue weighted by atomic mass is 16.5. The number of nitrogens with zero attached hydrogens (tertiary/aromatic N) is 1. The predicted octanol–water partition coefficient (Wildman–Crippen LogP) is 1.09. The summed E-state index contributed by atoms with van der Waals surface area (Å²) in [7, 11) is 0. The Morgan fingerprint density at radius 1 is 1.31 bits per heavy atom. The molecule has 1 N–H and O–H groups in total. The maximum Gasteiger partial charge on any atom is 0.0703 e. The van der Waals surface area contributed by atoms with E-state index in [1.807, 2.05) is 0 Å². The van der Waals surface area contributed by atoms with Crippen molar-refractivity contribution in [3.8, 4) is 0 Å². The van der Waals surface area contributed by atoms with Crippen LogP contribution in [0.15, 0.2) is 0 Å². The summed E-state index contributed by atoms with van der Waals surface area (Å²) in [6, 6.07) is 0.653. The maximum atomic E-state index is 5.74. The van der Waals surface area contributed by atoms with Crippen molar-refractivity contribution in [1.29, 1.82) is 0 Å². The van der Waals surface area contributed by atoms with Crippen LogP contribution in [0.5, 0.6) is 0 Å². The van der Waals surface area contributed by atoms with E-state index in [1.165, 1.54) is 26.1 Å². The Kier molecular flexibility index (Phi) is 2.54. The first-order valence-corrected chi connectivity index (χ1v) is 6.70. The Balaban J connectivity index is 1.81. The fraction of sp³-hybridized carbons (Fsp3) is 1.00. The molecule has 3 heterocycles. The smallest absolute Gasteiger partial charge is 0.0703 e. The van der Waals surface area contributed by atoms with Gasteiger partial charge in [-0.1, -0.05) is 0 Å². The van der Waals surface area contributed by atoms with Crippen molar-refractivity contribution < 1.29 is 4.74 Å². The summed E-state index contributed by atoms with van der Waals surface area (Å²) in [6.07, 6.45) is 1.64. The monoisotopic (exact) mass is 224 g/mol. The molecule has 0 saturated carbocycles. The molecule has 3 nitrogen and oxygen atoms in total. The summed E-state index contributed by atoms with van der Waals surface area (Å²) in [5.41, 5.74) is 0.348. The summed E-state index contributed by atoms with van der Waals surface area (Å²) in [6.45, 7) is 11.7. The largest absolute Gasteiger partial charge is 0.377 e. The van der Waals surface area contributed by atoms with Crippen LogP contribution in [0.25, 0.3) is 0 Å². The highest BCUT2D eigenvalue weighted by molar-refractivity contribution is 5.07. The van der Waals surface area contributed by atoms with Gasteiger partial charge in [-0.05, 0) is 45.6 Å². The van der Waals surface area contributed by atoms with Gasteiger partial charge in [-0.3, -0.25) is 4.90 Å². The van der Waals surface area contributed by atoms with Crippen LogP contribution in [-0.2, 0) is 4.74 Å². The third-order valence-electron chi connectivity index (χ3n) is 5.16. The zero-order chi connectivity index (χ0) is 11.3. The SMILES string of the molecule is CC1OCCC1N1CC2CNCC2C1(C)C. The first kappa shape index (κ1) is 11.0. The average Bonchev–Trinajstić information content (AvgIpc) is 2.85. The quantitative estimate of drug-likeness (QED) is 0.722. The minimum Gasteiger partial charge on any atom is -0.377 e. The van der Waals surface area contributed by atoms with Crippen molar-refractivity contribution in [3.63, 3.8) is 0 Å². The van der Waals surface area contributed by atoms with Crippen LogP contribution in [0.2, 0.25) is 0 Å². The van der Waals surface area contributed by atoms with E-state index in [0.717, 1.165) is 18.4 Å². The topological polar surface area (TPSA) is 24.5 Å². The van der Waals surface area contributed by atoms with E-state index in [0.29, 0.717) is 17.7 Å². The van der Waals surface area contributed by atoms with E-state index in [1.54, 1.807) is 0 Å². The van der Waals surface area contributed by atoms with E-state index >= 15 is 0 Å². The zero-order valence-corrected chi connectivity index (χ0v) is 10.7. The van der Waals surface area contributed by atoms with Crippen LogP contribution in [0.4, 0.5) is 0 Å². The third kappa shape index (κ3) is 1.45. The van der Waals surface area contributed by atoms with Crippen molar-refractivity contribution in [3.05, 3.63) is 0 Å². The molecule has 0 aliphatic carbocycles. The highest BCUT2D eigenvalue weighted by Gasteiger charge is 2.52. The van der Waals surface area contributed by atoms with Crippen molar-refractivity contribution in [1.82, 2.24) is 10.2 Å². The molecule has 4 atom stereocenters. The molecule has 3 rings (SSSR count). The Morgan fingerprint density at radius 3 is 2.75 bits per heavy atom. The molecule has 3 fully saturated rings. The summed E-state index contributed by atoms with van der Waals surface area (Å²) < 4.78 is 5.74. The van der Waals surface area contributed by atoms with Gasteiger partial charge in [0.25, 0.3) is 0 Å². The molecule has 92 valence electrons. The Hall–Kier alpha value is -0.120. The van der Waals surface area contributed by atoms with E-state index in [4.69, 9.17) is 4.74 Å². The Bertz CT molecular complexity index is 279. The second-order valence-corrected chi connectivity index (χ2v) is 6.26. The lowest BCUT2D eigenvalue weighted by Gasteiger charge is -2.40. The molecular formula is C13H24N2O. The van der Waals surface area contributed by atoms with Crippen LogP contribution in [0.1, 0.15) is 27.2 Å². The number of fused-ring (bicyclic) bond motifs is 1. The van der Waals surface area contributed by atoms with Gasteiger partial charge < -0.3 is 10.1 Å². The Morgan fingerprint density at radius 2 is 2.12 bits per heavy atom. The highest BCUT2D eigenvalue weighted by Crippen LogP contribution is 2.43. The first-order chi connectivity index (χ1) is 7.60. The van der Waals surface area contributed by atoms with E-state index < -0.39 is 0 Å². The van der Waals surface area contributed by atoms with Crippen LogP contribution in [0.3, 0.4) is 0 Å². The lowest BCUT2D eigenvalue weighted by atomic mass is 9.84. The number of rotatable bonds is 1. The minimum absolute atomic E-state index is 0.348. The molecule has 0 aromatic carbocycles. The molecule has 3 aliphatic rings. The van der Waals surface area contributed by atoms with Gasteiger partial charge >= 0.3 is 0 Å². The van der Waals surface area contributed by atoms with Crippen molar-refractivity contribution in [2.45, 2.75) is 44.9 Å². The molecule has 0 bridgehead atoms. The van der Waals surface area contributed by atoms with Gasteiger partial charge in [-0.15, -0.1) is 0 Å². The molecular weight excluding hydrogens is 200 g/mol. The zero-order valence-electron chi connectivity index (χ0n) is 10.7. The van der Waals surface area contributed by atoms with Crippen LogP contribution in [-0.4, -0.2) is 48.8 Å². The van der Waals surface area contributed by atoms with Crippen molar-refractivity contribution in [2.24, 2.45) is 11.8 Å². The lowest BCUT2D eigenvalue weighted by Crippen LogP contribution is -2.51. The van der Waals surface area contributed by atoms with E-state index in [9.17, 15) is 0 Å². The fourth-order valence-corrected chi connectivity index (χ4v) is 4.14. The molecule has 3 aliphatic heterocycles. The van der Waals surface area contributed by atoms with E-state index in [2.05, 4.69) is 31.0 Å². The molecule has 0 spiro atoms. The standard InChI is InChI=1S/C13H24N2O/c1-9-12(4-5-16-9)15-8-10-6-14-7-11(10)13(15,2)3/h9-12,14H,4-8H2,1-3H3. The second kappa shape index (κ2) is 3.69. The fourth-order valence-electron chi connectivity index (χ4n) is 4.14. The number of likely N-dealkylation sites (tertiary alicyclic amines) is 1. The summed E-state index contributed by atoms with van der Waals surface area (Å²) in [4.78, 5) is 2.74. The minimum atomic E-state index is 0.348. The maximum absolute atomic E-state index is 5.74. The first-order valence-electron chi connectivity index (χ1n) is 6.70. The second-order valence-electron chi connectivity index (χ2n) is 6.26. The number of nitrogens with one attached hydrogen (secondary N) is 1. The number of hydrogen-bond acceptors (Lipinski definition) is 3. The van der Waals surface area contributed by atoms with Crippen molar-refractivity contribution >= 4 is 0 Å². The van der Waals surface area contributed by atoms with E-state index in [-0.39, 0.29) is 0 Å². The molecule has 0 aromatic rings. The van der Waals surface area contributed by atoms with Gasteiger partial charge in [0.1, 0.15) is 0 Å². The van der Waals surface area contributed by atoms with Gasteiger partial charge in [-0.25, -0.2) is 0 Å². The molecule has 0 radical (unpaired) electrons. The average molecular weight is 224 g/mol. The molecule has 16 heavy (non-hydrogen) atoms. The van der Waals surface area contributed by atoms with Crippen molar-refractivity contribution in [2.75, 3.05) is 26.2 Å². The predicted molar refractivity (Wildman–Crippen MR) is 64.5 cm³/mol. The van der Waals surface area contributed by atoms with Gasteiger partial charge in [0.2, 0.25) is 0 Å². The molecule has 0 amide bonds. The van der Waals surface area contributed by atoms with Gasteiger partial charge in [0.05, 0.1) is 6.10 Å². The molecule has 3 saturated heterocycles. The third-order valence-corrected chi connectivity index (χ3v) is 5.16. The van der Waals surface area contributed by atoms with Gasteiger partial charge in [0.15, 0.2) is 0 Å². The summed E-state index contributed by atoms with van der Waals surface area (Å²) >= 11 is 0. The van der Waals surface area contributed by atoms with Crippen LogP contribution < -0.4 is 5.32 Å².